The third-order valence-corrected chi connectivity index (χ3v) is 9.00. The first-order chi connectivity index (χ1) is 20.6. The first-order valence-corrected chi connectivity index (χ1v) is 15.4. The molecule has 4 aliphatic heterocycles. The monoisotopic (exact) mass is 608 g/mol. The lowest BCUT2D eigenvalue weighted by atomic mass is 9.87. The maximum Gasteiger partial charge on any atom is 0.410 e. The van der Waals surface area contributed by atoms with Gasteiger partial charge < -0.3 is 29.0 Å². The molecule has 7 rings (SSSR count). The third-order valence-electron chi connectivity index (χ3n) is 8.71. The molecule has 1 N–H and O–H groups in total. The van der Waals surface area contributed by atoms with Crippen molar-refractivity contribution in [2.45, 2.75) is 70.4 Å². The number of benzene rings is 1. The molecular weight excluding hydrogens is 572 g/mol. The van der Waals surface area contributed by atoms with Crippen LogP contribution in [0.2, 0.25) is 5.02 Å². The molecule has 0 radical (unpaired) electrons. The SMILES string of the molecule is CC(C)(C)OC(=O)N1CCOC[C@H]1c1cc(-c2cnc3[nH]cc(Cl)c3n2)cc2c1CN(C(=O)N1CC3CCC(C1)O3)CC2. The summed E-state index contributed by atoms with van der Waals surface area (Å²) in [6.45, 7) is 9.08. The van der Waals surface area contributed by atoms with Crippen LogP contribution in [0.25, 0.3) is 22.4 Å². The van der Waals surface area contributed by atoms with Gasteiger partial charge in [0.2, 0.25) is 0 Å². The number of aromatic amines is 1. The maximum atomic E-state index is 13.8. The highest BCUT2D eigenvalue weighted by atomic mass is 35.5. The van der Waals surface area contributed by atoms with Gasteiger partial charge in [0.05, 0.1) is 48.4 Å². The molecule has 4 aliphatic rings. The molecule has 43 heavy (non-hydrogen) atoms. The number of nitrogens with zero attached hydrogens (tertiary/aromatic N) is 5. The highest BCUT2D eigenvalue weighted by Crippen LogP contribution is 2.37. The molecule has 2 aromatic heterocycles. The minimum absolute atomic E-state index is 0.0446. The number of aromatic nitrogens is 3. The van der Waals surface area contributed by atoms with Crippen LogP contribution in [0, 0.1) is 0 Å². The largest absolute Gasteiger partial charge is 0.444 e. The molecule has 2 bridgehead atoms. The van der Waals surface area contributed by atoms with Crippen molar-refractivity contribution in [3.63, 3.8) is 0 Å². The van der Waals surface area contributed by atoms with Crippen LogP contribution in [-0.4, -0.2) is 99.0 Å². The van der Waals surface area contributed by atoms with Crippen LogP contribution in [0.4, 0.5) is 9.59 Å². The van der Waals surface area contributed by atoms with Gasteiger partial charge >= 0.3 is 12.1 Å². The average molecular weight is 609 g/mol. The maximum absolute atomic E-state index is 13.8. The molecule has 0 spiro atoms. The van der Waals surface area contributed by atoms with Gasteiger partial charge in [-0.25, -0.2) is 19.6 Å². The van der Waals surface area contributed by atoms with Gasteiger partial charge in [-0.15, -0.1) is 0 Å². The molecule has 1 aromatic carbocycles. The van der Waals surface area contributed by atoms with Crippen molar-refractivity contribution in [3.8, 4) is 11.3 Å². The van der Waals surface area contributed by atoms with Crippen molar-refractivity contribution in [2.75, 3.05) is 39.4 Å². The van der Waals surface area contributed by atoms with E-state index < -0.39 is 5.60 Å². The summed E-state index contributed by atoms with van der Waals surface area (Å²) >= 11 is 6.38. The second-order valence-corrected chi connectivity index (χ2v) is 13.3. The Labute approximate surface area is 255 Å². The molecule has 2 unspecified atom stereocenters. The molecule has 3 aromatic rings. The molecule has 11 nitrogen and oxygen atoms in total. The third kappa shape index (κ3) is 5.54. The normalized spacial score (nSPS) is 23.9. The summed E-state index contributed by atoms with van der Waals surface area (Å²) in [4.78, 5) is 45.3. The molecule has 6 heterocycles. The molecule has 0 saturated carbocycles. The minimum atomic E-state index is -0.636. The van der Waals surface area contributed by atoms with Crippen LogP contribution in [0.5, 0.6) is 0 Å². The fourth-order valence-electron chi connectivity index (χ4n) is 6.68. The van der Waals surface area contributed by atoms with Gasteiger partial charge in [0, 0.05) is 44.5 Å². The van der Waals surface area contributed by atoms with Gasteiger partial charge in [-0.1, -0.05) is 11.6 Å². The van der Waals surface area contributed by atoms with Crippen LogP contribution in [0.3, 0.4) is 0 Å². The first kappa shape index (κ1) is 28.4. The van der Waals surface area contributed by atoms with Crippen LogP contribution in [-0.2, 0) is 27.2 Å². The standard InChI is InChI=1S/C31H37ClN6O5/c1-31(2,3)43-30(40)38-8-9-41-17-26(38)22-11-19(25-13-34-28-27(35-25)24(32)12-33-28)10-18-6-7-36(16-23(18)22)29(39)37-14-20-4-5-21(15-37)42-20/h10-13,20-21,26H,4-9,14-17H2,1-3H3,(H,33,34)/t20?,21?,26-/m0/s1. The van der Waals surface area contributed by atoms with E-state index in [4.69, 9.17) is 30.8 Å². The summed E-state index contributed by atoms with van der Waals surface area (Å²) in [7, 11) is 0. The topological polar surface area (TPSA) is 113 Å². The highest BCUT2D eigenvalue weighted by Gasteiger charge is 2.39. The van der Waals surface area contributed by atoms with Crippen molar-refractivity contribution in [1.29, 1.82) is 0 Å². The van der Waals surface area contributed by atoms with E-state index in [2.05, 4.69) is 22.1 Å². The smallest absolute Gasteiger partial charge is 0.410 e. The van der Waals surface area contributed by atoms with Gasteiger partial charge in [0.15, 0.2) is 5.65 Å². The second-order valence-electron chi connectivity index (χ2n) is 12.9. The lowest BCUT2D eigenvalue weighted by molar-refractivity contribution is -0.0337. The number of H-pyrrole nitrogens is 1. The lowest BCUT2D eigenvalue weighted by Crippen LogP contribution is -2.52. The number of carbonyl (C=O) groups is 2. The number of amides is 3. The number of halogens is 1. The molecular formula is C31H37ClN6O5. The number of carbonyl (C=O) groups excluding carboxylic acids is 2. The van der Waals surface area contributed by atoms with Crippen LogP contribution in [0.1, 0.15) is 56.3 Å². The summed E-state index contributed by atoms with van der Waals surface area (Å²) in [5, 5.41) is 0.505. The average Bonchev–Trinajstić information content (AvgIpc) is 3.54. The van der Waals surface area contributed by atoms with E-state index in [-0.39, 0.29) is 30.4 Å². The number of hydrogen-bond acceptors (Lipinski definition) is 7. The molecule has 0 aliphatic carbocycles. The zero-order chi connectivity index (χ0) is 29.9. The van der Waals surface area contributed by atoms with Crippen molar-refractivity contribution in [2.24, 2.45) is 0 Å². The number of fused-ring (bicyclic) bond motifs is 4. The van der Waals surface area contributed by atoms with E-state index in [9.17, 15) is 9.59 Å². The second kappa shape index (κ2) is 10.9. The van der Waals surface area contributed by atoms with Crippen LogP contribution >= 0.6 is 11.6 Å². The highest BCUT2D eigenvalue weighted by molar-refractivity contribution is 6.34. The van der Waals surface area contributed by atoms with Gasteiger partial charge in [-0.3, -0.25) is 4.90 Å². The Hall–Kier alpha value is -3.41. The van der Waals surface area contributed by atoms with Crippen LogP contribution < -0.4 is 0 Å². The Kier molecular flexibility index (Phi) is 7.22. The summed E-state index contributed by atoms with van der Waals surface area (Å²) in [6.07, 6.45) is 5.99. The number of ether oxygens (including phenoxy) is 3. The van der Waals surface area contributed by atoms with E-state index in [1.807, 2.05) is 30.6 Å². The van der Waals surface area contributed by atoms with Crippen molar-refractivity contribution in [3.05, 3.63) is 46.2 Å². The summed E-state index contributed by atoms with van der Waals surface area (Å²) in [5.41, 5.74) is 5.23. The summed E-state index contributed by atoms with van der Waals surface area (Å²) < 4.78 is 17.7. The Morgan fingerprint density at radius 2 is 1.91 bits per heavy atom. The summed E-state index contributed by atoms with van der Waals surface area (Å²) in [6, 6.07) is 3.85. The first-order valence-electron chi connectivity index (χ1n) is 15.1. The summed E-state index contributed by atoms with van der Waals surface area (Å²) in [5.74, 6) is 0. The zero-order valence-electron chi connectivity index (χ0n) is 24.8. The zero-order valence-corrected chi connectivity index (χ0v) is 25.5. The molecule has 3 fully saturated rings. The van der Waals surface area contributed by atoms with Gasteiger partial charge in [0.1, 0.15) is 11.1 Å². The van der Waals surface area contributed by atoms with E-state index in [1.54, 1.807) is 17.3 Å². The molecule has 3 amide bonds. The molecule has 12 heteroatoms. The number of urea groups is 1. The van der Waals surface area contributed by atoms with Crippen molar-refractivity contribution < 1.29 is 23.8 Å². The quantitative estimate of drug-likeness (QED) is 0.439. The van der Waals surface area contributed by atoms with Crippen molar-refractivity contribution >= 4 is 34.9 Å². The Balaban J connectivity index is 1.27. The number of hydrogen-bond donors (Lipinski definition) is 1. The molecule has 3 atom stereocenters. The van der Waals surface area contributed by atoms with Crippen molar-refractivity contribution in [1.82, 2.24) is 29.7 Å². The van der Waals surface area contributed by atoms with E-state index >= 15 is 0 Å². The predicted molar refractivity (Wildman–Crippen MR) is 160 cm³/mol. The van der Waals surface area contributed by atoms with E-state index in [0.717, 1.165) is 35.1 Å². The van der Waals surface area contributed by atoms with E-state index in [1.165, 1.54) is 0 Å². The minimum Gasteiger partial charge on any atom is -0.444 e. The lowest BCUT2D eigenvalue weighted by Gasteiger charge is -2.41. The Morgan fingerprint density at radius 1 is 1.12 bits per heavy atom. The van der Waals surface area contributed by atoms with Gasteiger partial charge in [-0.2, -0.15) is 0 Å². The van der Waals surface area contributed by atoms with Gasteiger partial charge in [0.25, 0.3) is 0 Å². The van der Waals surface area contributed by atoms with Crippen LogP contribution in [0.15, 0.2) is 24.5 Å². The predicted octanol–water partition coefficient (Wildman–Crippen LogP) is 4.93. The number of nitrogens with one attached hydrogen (secondary N) is 1. The Bertz CT molecular complexity index is 1560. The van der Waals surface area contributed by atoms with Gasteiger partial charge in [-0.05, 0) is 68.9 Å². The number of rotatable bonds is 2. The fourth-order valence-corrected chi connectivity index (χ4v) is 6.86. The molecule has 228 valence electrons. The fraction of sp³-hybridized carbons (Fsp3) is 0.548. The molecule has 3 saturated heterocycles. The number of morpholine rings is 2. The van der Waals surface area contributed by atoms with E-state index in [0.29, 0.717) is 74.2 Å². The number of likely N-dealkylation sites (tertiary alicyclic amines) is 1. The Morgan fingerprint density at radius 3 is 2.67 bits per heavy atom.